The number of hydrogen-bond acceptors (Lipinski definition) is 2. The van der Waals surface area contributed by atoms with Crippen molar-refractivity contribution >= 4 is 11.4 Å². The average Bonchev–Trinajstić information content (AvgIpc) is 2.33. The Balaban J connectivity index is 2.34. The highest BCUT2D eigenvalue weighted by atomic mass is 19.2. The monoisotopic (exact) mass is 220 g/mol. The van der Waals surface area contributed by atoms with E-state index in [4.69, 9.17) is 5.84 Å². The predicted octanol–water partition coefficient (Wildman–Crippen LogP) is 2.98. The Morgan fingerprint density at radius 3 is 2.12 bits per heavy atom. The average molecular weight is 220 g/mol. The number of para-hydroxylation sites is 1. The summed E-state index contributed by atoms with van der Waals surface area (Å²) >= 11 is 0. The Kier molecular flexibility index (Phi) is 2.83. The fourth-order valence-corrected chi connectivity index (χ4v) is 1.37. The molecular formula is C12H10F2N2. The zero-order valence-electron chi connectivity index (χ0n) is 8.40. The highest BCUT2D eigenvalue weighted by molar-refractivity contribution is 5.61. The van der Waals surface area contributed by atoms with Gasteiger partial charge in [-0.15, -0.1) is 0 Å². The summed E-state index contributed by atoms with van der Waals surface area (Å²) in [6.45, 7) is 0. The second-order valence-corrected chi connectivity index (χ2v) is 3.30. The fraction of sp³-hybridized carbons (Fsp3) is 0. The number of halogens is 2. The zero-order chi connectivity index (χ0) is 11.5. The van der Waals surface area contributed by atoms with E-state index in [0.717, 1.165) is 12.1 Å². The molecule has 2 rings (SSSR count). The first kappa shape index (κ1) is 10.6. The maximum Gasteiger partial charge on any atom is 0.160 e. The quantitative estimate of drug-likeness (QED) is 0.622. The third kappa shape index (κ3) is 2.01. The molecule has 0 aliphatic heterocycles. The molecule has 0 spiro atoms. The summed E-state index contributed by atoms with van der Waals surface area (Å²) in [4.78, 5) is 0. The van der Waals surface area contributed by atoms with E-state index in [1.807, 2.05) is 18.2 Å². The summed E-state index contributed by atoms with van der Waals surface area (Å²) < 4.78 is 25.7. The van der Waals surface area contributed by atoms with Gasteiger partial charge in [-0.05, 0) is 24.3 Å². The molecule has 0 radical (unpaired) electrons. The lowest BCUT2D eigenvalue weighted by molar-refractivity contribution is 0.508. The molecule has 16 heavy (non-hydrogen) atoms. The number of hydrazine groups is 1. The van der Waals surface area contributed by atoms with Crippen molar-refractivity contribution in [2.45, 2.75) is 0 Å². The first-order valence-corrected chi connectivity index (χ1v) is 4.73. The molecule has 0 aromatic heterocycles. The van der Waals surface area contributed by atoms with Gasteiger partial charge in [0.15, 0.2) is 11.6 Å². The topological polar surface area (TPSA) is 29.3 Å². The van der Waals surface area contributed by atoms with Gasteiger partial charge in [-0.2, -0.15) is 0 Å². The SMILES string of the molecule is NN(c1ccccc1)c1ccc(F)c(F)c1. The van der Waals surface area contributed by atoms with E-state index in [-0.39, 0.29) is 0 Å². The van der Waals surface area contributed by atoms with Crippen LogP contribution in [0.4, 0.5) is 20.2 Å². The van der Waals surface area contributed by atoms with E-state index in [1.165, 1.54) is 11.1 Å². The molecule has 2 aromatic carbocycles. The van der Waals surface area contributed by atoms with Crippen molar-refractivity contribution in [3.63, 3.8) is 0 Å². The van der Waals surface area contributed by atoms with Gasteiger partial charge < -0.3 is 0 Å². The smallest absolute Gasteiger partial charge is 0.160 e. The van der Waals surface area contributed by atoms with Gasteiger partial charge in [-0.25, -0.2) is 14.6 Å². The number of rotatable bonds is 2. The van der Waals surface area contributed by atoms with Gasteiger partial charge in [0.25, 0.3) is 0 Å². The van der Waals surface area contributed by atoms with Crippen molar-refractivity contribution in [1.82, 2.24) is 0 Å². The van der Waals surface area contributed by atoms with Crippen LogP contribution in [0.1, 0.15) is 0 Å². The lowest BCUT2D eigenvalue weighted by atomic mass is 10.2. The Morgan fingerprint density at radius 2 is 1.50 bits per heavy atom. The lowest BCUT2D eigenvalue weighted by Gasteiger charge is -2.18. The van der Waals surface area contributed by atoms with Gasteiger partial charge in [0.2, 0.25) is 0 Å². The second kappa shape index (κ2) is 4.28. The van der Waals surface area contributed by atoms with Crippen LogP contribution in [0.5, 0.6) is 0 Å². The molecule has 2 aromatic rings. The van der Waals surface area contributed by atoms with Crippen LogP contribution in [0, 0.1) is 11.6 Å². The van der Waals surface area contributed by atoms with Gasteiger partial charge >= 0.3 is 0 Å². The maximum absolute atomic E-state index is 13.0. The molecule has 82 valence electrons. The van der Waals surface area contributed by atoms with Gasteiger partial charge in [0.05, 0.1) is 11.4 Å². The number of nitrogens with two attached hydrogens (primary N) is 1. The number of anilines is 2. The molecule has 0 aliphatic carbocycles. The van der Waals surface area contributed by atoms with E-state index in [1.54, 1.807) is 12.1 Å². The molecule has 2 N–H and O–H groups in total. The molecule has 0 bridgehead atoms. The first-order valence-electron chi connectivity index (χ1n) is 4.73. The van der Waals surface area contributed by atoms with Gasteiger partial charge in [0, 0.05) is 6.07 Å². The second-order valence-electron chi connectivity index (χ2n) is 3.30. The van der Waals surface area contributed by atoms with E-state index in [0.29, 0.717) is 11.4 Å². The Morgan fingerprint density at radius 1 is 0.812 bits per heavy atom. The highest BCUT2D eigenvalue weighted by Gasteiger charge is 2.07. The molecule has 0 aliphatic rings. The van der Waals surface area contributed by atoms with Crippen molar-refractivity contribution in [3.8, 4) is 0 Å². The minimum absolute atomic E-state index is 0.394. The number of benzene rings is 2. The van der Waals surface area contributed by atoms with Gasteiger partial charge in [-0.1, -0.05) is 18.2 Å². The van der Waals surface area contributed by atoms with Crippen molar-refractivity contribution < 1.29 is 8.78 Å². The number of nitrogens with zero attached hydrogens (tertiary/aromatic N) is 1. The van der Waals surface area contributed by atoms with Crippen molar-refractivity contribution in [3.05, 3.63) is 60.2 Å². The molecule has 4 heteroatoms. The summed E-state index contributed by atoms with van der Waals surface area (Å²) in [6, 6.07) is 12.6. The Hall–Kier alpha value is -1.94. The third-order valence-corrected chi connectivity index (χ3v) is 2.22. The molecular weight excluding hydrogens is 210 g/mol. The Labute approximate surface area is 91.9 Å². The lowest BCUT2D eigenvalue weighted by Crippen LogP contribution is -2.24. The molecule has 0 unspecified atom stereocenters. The molecule has 0 saturated heterocycles. The third-order valence-electron chi connectivity index (χ3n) is 2.22. The van der Waals surface area contributed by atoms with Crippen LogP contribution in [0.3, 0.4) is 0 Å². The molecule has 0 fully saturated rings. The summed E-state index contributed by atoms with van der Waals surface area (Å²) in [6.07, 6.45) is 0. The molecule has 0 atom stereocenters. The van der Waals surface area contributed by atoms with Crippen LogP contribution >= 0.6 is 0 Å². The van der Waals surface area contributed by atoms with E-state index in [9.17, 15) is 8.78 Å². The molecule has 0 saturated carbocycles. The first-order chi connectivity index (χ1) is 7.68. The van der Waals surface area contributed by atoms with Crippen molar-refractivity contribution in [1.29, 1.82) is 0 Å². The molecule has 0 amide bonds. The van der Waals surface area contributed by atoms with E-state index in [2.05, 4.69) is 0 Å². The van der Waals surface area contributed by atoms with Crippen molar-refractivity contribution in [2.24, 2.45) is 5.84 Å². The van der Waals surface area contributed by atoms with Gasteiger partial charge in [0.1, 0.15) is 0 Å². The zero-order valence-corrected chi connectivity index (χ0v) is 8.40. The van der Waals surface area contributed by atoms with Crippen LogP contribution in [-0.2, 0) is 0 Å². The van der Waals surface area contributed by atoms with Crippen LogP contribution < -0.4 is 10.9 Å². The Bertz CT molecular complexity index is 486. The fourth-order valence-electron chi connectivity index (χ4n) is 1.37. The summed E-state index contributed by atoms with van der Waals surface area (Å²) in [7, 11) is 0. The summed E-state index contributed by atoms with van der Waals surface area (Å²) in [5, 5.41) is 1.29. The molecule has 2 nitrogen and oxygen atoms in total. The number of hydrogen-bond donors (Lipinski definition) is 1. The molecule has 0 heterocycles. The standard InChI is InChI=1S/C12H10F2N2/c13-11-7-6-10(8-12(11)14)16(15)9-4-2-1-3-5-9/h1-8H,15H2. The minimum atomic E-state index is -0.913. The van der Waals surface area contributed by atoms with E-state index >= 15 is 0 Å². The normalized spacial score (nSPS) is 10.2. The van der Waals surface area contributed by atoms with Crippen molar-refractivity contribution in [2.75, 3.05) is 5.01 Å². The summed E-state index contributed by atoms with van der Waals surface area (Å²) in [5.74, 6) is 3.98. The van der Waals surface area contributed by atoms with Gasteiger partial charge in [-0.3, -0.25) is 5.01 Å². The summed E-state index contributed by atoms with van der Waals surface area (Å²) in [5.41, 5.74) is 1.10. The minimum Gasteiger partial charge on any atom is -0.280 e. The highest BCUT2D eigenvalue weighted by Crippen LogP contribution is 2.22. The van der Waals surface area contributed by atoms with Crippen LogP contribution in [0.25, 0.3) is 0 Å². The predicted molar refractivity (Wildman–Crippen MR) is 59.1 cm³/mol. The van der Waals surface area contributed by atoms with Crippen LogP contribution in [0.2, 0.25) is 0 Å². The van der Waals surface area contributed by atoms with E-state index < -0.39 is 11.6 Å². The maximum atomic E-state index is 13.0. The van der Waals surface area contributed by atoms with Crippen LogP contribution in [0.15, 0.2) is 48.5 Å². The largest absolute Gasteiger partial charge is 0.280 e. The van der Waals surface area contributed by atoms with Crippen LogP contribution in [-0.4, -0.2) is 0 Å².